The number of pyridine rings is 1. The van der Waals surface area contributed by atoms with Crippen LogP contribution in [0.1, 0.15) is 45.4 Å². The van der Waals surface area contributed by atoms with Crippen molar-refractivity contribution in [1.82, 2.24) is 4.98 Å². The summed E-state index contributed by atoms with van der Waals surface area (Å²) < 4.78 is 5.21. The molecule has 0 bridgehead atoms. The van der Waals surface area contributed by atoms with Crippen LogP contribution in [0.2, 0.25) is 0 Å². The fourth-order valence-electron chi connectivity index (χ4n) is 3.07. The lowest BCUT2D eigenvalue weighted by Gasteiger charge is -2.12. The van der Waals surface area contributed by atoms with Crippen LogP contribution in [0, 0.1) is 0 Å². The van der Waals surface area contributed by atoms with Gasteiger partial charge in [-0.2, -0.15) is 0 Å². The Morgan fingerprint density at radius 2 is 1.92 bits per heavy atom. The van der Waals surface area contributed by atoms with Gasteiger partial charge in [-0.3, -0.25) is 4.79 Å². The normalized spacial score (nSPS) is 13.1. The Bertz CT molecular complexity index is 831. The summed E-state index contributed by atoms with van der Waals surface area (Å²) in [5, 5.41) is 1.16. The second-order valence-corrected chi connectivity index (χ2v) is 6.22. The number of benzene rings is 1. The van der Waals surface area contributed by atoms with Gasteiger partial charge in [-0.1, -0.05) is 38.1 Å². The Hall–Kier alpha value is -2.26. The first-order valence-electron chi connectivity index (χ1n) is 8.81. The third-order valence-electron chi connectivity index (χ3n) is 4.43. The molecule has 1 heterocycles. The highest BCUT2D eigenvalue weighted by molar-refractivity contribution is 5.95. The fraction of sp³-hybridized carbons (Fsp3) is 0.364. The van der Waals surface area contributed by atoms with Crippen LogP contribution in [-0.2, 0) is 16.0 Å². The average Bonchev–Trinajstić information content (AvgIpc) is 2.62. The van der Waals surface area contributed by atoms with Gasteiger partial charge in [0.2, 0.25) is 0 Å². The van der Waals surface area contributed by atoms with E-state index in [4.69, 9.17) is 9.72 Å². The number of aromatic nitrogens is 1. The average molecular weight is 337 g/mol. The molecule has 0 atom stereocenters. The smallest absolute Gasteiger partial charge is 0.158 e. The summed E-state index contributed by atoms with van der Waals surface area (Å²) in [7, 11) is 1.62. The second-order valence-electron chi connectivity index (χ2n) is 6.22. The predicted octanol–water partition coefficient (Wildman–Crippen LogP) is 5.14. The van der Waals surface area contributed by atoms with Crippen LogP contribution in [0.4, 0.5) is 0 Å². The van der Waals surface area contributed by atoms with Crippen molar-refractivity contribution in [2.24, 2.45) is 0 Å². The van der Waals surface area contributed by atoms with E-state index in [0.29, 0.717) is 6.61 Å². The first-order chi connectivity index (χ1) is 12.0. The number of para-hydroxylation sites is 1. The number of ketones is 1. The standard InChI is InChI=1S/C22H27NO2/c1-6-17(20(14-25-5)16(4)24)12-15(3)22-18(7-2)13-19-10-8-9-11-21(19)23-22/h8-13H,6-7,14H2,1-5H3/b15-12+,20-17-. The van der Waals surface area contributed by atoms with Gasteiger partial charge in [0.25, 0.3) is 0 Å². The first kappa shape index (κ1) is 19.1. The number of ether oxygens (including phenoxy) is 1. The first-order valence-corrected chi connectivity index (χ1v) is 8.81. The molecule has 0 amide bonds. The molecule has 0 saturated carbocycles. The van der Waals surface area contributed by atoms with Crippen molar-refractivity contribution in [2.75, 3.05) is 13.7 Å². The summed E-state index contributed by atoms with van der Waals surface area (Å²) in [4.78, 5) is 16.8. The Balaban J connectivity index is 2.59. The maximum Gasteiger partial charge on any atom is 0.158 e. The number of fused-ring (bicyclic) bond motifs is 1. The minimum atomic E-state index is 0.0601. The Morgan fingerprint density at radius 1 is 1.20 bits per heavy atom. The van der Waals surface area contributed by atoms with Gasteiger partial charge < -0.3 is 4.74 Å². The summed E-state index contributed by atoms with van der Waals surface area (Å²) in [5.74, 6) is 0.0601. The van der Waals surface area contributed by atoms with Gasteiger partial charge in [-0.05, 0) is 55.5 Å². The van der Waals surface area contributed by atoms with E-state index in [1.165, 1.54) is 5.56 Å². The van der Waals surface area contributed by atoms with Crippen molar-refractivity contribution in [3.63, 3.8) is 0 Å². The van der Waals surface area contributed by atoms with Gasteiger partial charge in [-0.25, -0.2) is 4.98 Å². The van der Waals surface area contributed by atoms with Crippen molar-refractivity contribution >= 4 is 22.3 Å². The lowest BCUT2D eigenvalue weighted by atomic mass is 9.97. The third-order valence-corrected chi connectivity index (χ3v) is 4.43. The SMILES string of the molecule is CCC(/C=C(\C)c1nc2ccccc2cc1CC)=C(\COC)C(C)=O. The van der Waals surface area contributed by atoms with Gasteiger partial charge in [0.1, 0.15) is 0 Å². The number of nitrogens with zero attached hydrogens (tertiary/aromatic N) is 1. The Kier molecular flexibility index (Phi) is 6.65. The monoisotopic (exact) mass is 337 g/mol. The summed E-state index contributed by atoms with van der Waals surface area (Å²) >= 11 is 0. The van der Waals surface area contributed by atoms with E-state index >= 15 is 0 Å². The van der Waals surface area contributed by atoms with Crippen molar-refractivity contribution in [3.8, 4) is 0 Å². The molecule has 2 aromatic rings. The van der Waals surface area contributed by atoms with Crippen molar-refractivity contribution < 1.29 is 9.53 Å². The number of carbonyl (C=O) groups is 1. The molecular weight excluding hydrogens is 310 g/mol. The summed E-state index contributed by atoms with van der Waals surface area (Å²) in [6.07, 6.45) is 3.79. The van der Waals surface area contributed by atoms with E-state index < -0.39 is 0 Å². The number of hydrogen-bond donors (Lipinski definition) is 0. The minimum absolute atomic E-state index is 0.0601. The Labute approximate surface area is 150 Å². The predicted molar refractivity (Wildman–Crippen MR) is 105 cm³/mol. The van der Waals surface area contributed by atoms with E-state index in [9.17, 15) is 4.79 Å². The second kappa shape index (κ2) is 8.72. The number of carbonyl (C=O) groups excluding carboxylic acids is 1. The molecule has 0 aliphatic heterocycles. The molecule has 25 heavy (non-hydrogen) atoms. The highest BCUT2D eigenvalue weighted by atomic mass is 16.5. The zero-order valence-electron chi connectivity index (χ0n) is 15.8. The molecule has 0 fully saturated rings. The summed E-state index contributed by atoms with van der Waals surface area (Å²) in [5.41, 5.74) is 6.06. The van der Waals surface area contributed by atoms with E-state index in [-0.39, 0.29) is 5.78 Å². The molecule has 0 radical (unpaired) electrons. The molecule has 3 nitrogen and oxygen atoms in total. The lowest BCUT2D eigenvalue weighted by Crippen LogP contribution is -2.07. The van der Waals surface area contributed by atoms with Gasteiger partial charge in [0.05, 0.1) is 17.8 Å². The van der Waals surface area contributed by atoms with Crippen LogP contribution < -0.4 is 0 Å². The summed E-state index contributed by atoms with van der Waals surface area (Å²) in [6.45, 7) is 8.21. The molecule has 0 saturated heterocycles. The number of allylic oxidation sites excluding steroid dienone is 3. The van der Waals surface area contributed by atoms with Gasteiger partial charge in [0.15, 0.2) is 5.78 Å². The molecular formula is C22H27NO2. The molecule has 132 valence electrons. The topological polar surface area (TPSA) is 39.2 Å². The molecule has 0 unspecified atom stereocenters. The number of aryl methyl sites for hydroxylation is 1. The van der Waals surface area contributed by atoms with Crippen LogP contribution in [0.15, 0.2) is 47.6 Å². The largest absolute Gasteiger partial charge is 0.380 e. The molecule has 0 aliphatic carbocycles. The number of hydrogen-bond acceptors (Lipinski definition) is 3. The molecule has 3 heteroatoms. The van der Waals surface area contributed by atoms with Gasteiger partial charge in [0, 0.05) is 18.1 Å². The van der Waals surface area contributed by atoms with Crippen molar-refractivity contribution in [1.29, 1.82) is 0 Å². The number of methoxy groups -OCH3 is 1. The van der Waals surface area contributed by atoms with Crippen LogP contribution in [0.25, 0.3) is 16.5 Å². The number of rotatable bonds is 7. The van der Waals surface area contributed by atoms with Crippen LogP contribution in [0.5, 0.6) is 0 Å². The maximum absolute atomic E-state index is 12.0. The van der Waals surface area contributed by atoms with E-state index in [1.54, 1.807) is 14.0 Å². The summed E-state index contributed by atoms with van der Waals surface area (Å²) in [6, 6.07) is 10.4. The van der Waals surface area contributed by atoms with Crippen LogP contribution in [0.3, 0.4) is 0 Å². The third kappa shape index (κ3) is 4.43. The van der Waals surface area contributed by atoms with Crippen molar-refractivity contribution in [3.05, 3.63) is 58.8 Å². The molecule has 0 spiro atoms. The Morgan fingerprint density at radius 3 is 2.52 bits per heavy atom. The zero-order chi connectivity index (χ0) is 18.4. The highest BCUT2D eigenvalue weighted by Crippen LogP contribution is 2.25. The lowest BCUT2D eigenvalue weighted by molar-refractivity contribution is -0.114. The van der Waals surface area contributed by atoms with Crippen LogP contribution in [-0.4, -0.2) is 24.5 Å². The fourth-order valence-corrected chi connectivity index (χ4v) is 3.07. The molecule has 0 N–H and O–H groups in total. The maximum atomic E-state index is 12.0. The number of Topliss-reactive ketones (excluding diaryl/α,β-unsaturated/α-hetero) is 1. The van der Waals surface area contributed by atoms with Crippen LogP contribution >= 0.6 is 0 Å². The van der Waals surface area contributed by atoms with Crippen molar-refractivity contribution in [2.45, 2.75) is 40.5 Å². The van der Waals surface area contributed by atoms with E-state index in [2.05, 4.69) is 39.0 Å². The minimum Gasteiger partial charge on any atom is -0.380 e. The quantitative estimate of drug-likeness (QED) is 0.518. The molecule has 1 aromatic carbocycles. The highest BCUT2D eigenvalue weighted by Gasteiger charge is 2.12. The molecule has 0 aliphatic rings. The van der Waals surface area contributed by atoms with Gasteiger partial charge >= 0.3 is 0 Å². The van der Waals surface area contributed by atoms with E-state index in [1.807, 2.05) is 18.2 Å². The van der Waals surface area contributed by atoms with E-state index in [0.717, 1.165) is 46.2 Å². The van der Waals surface area contributed by atoms with Gasteiger partial charge in [-0.15, -0.1) is 0 Å². The molecule has 2 rings (SSSR count). The molecule has 1 aromatic heterocycles. The zero-order valence-corrected chi connectivity index (χ0v) is 15.8.